The summed E-state index contributed by atoms with van der Waals surface area (Å²) in [5, 5.41) is 10.5. The zero-order valence-electron chi connectivity index (χ0n) is 15.8. The predicted molar refractivity (Wildman–Crippen MR) is 122 cm³/mol. The number of aryl methyl sites for hydroxylation is 1. The number of hydrogen-bond donors (Lipinski definition) is 3. The Labute approximate surface area is 183 Å². The topological polar surface area (TPSA) is 65.5 Å². The van der Waals surface area contributed by atoms with Gasteiger partial charge in [-0.3, -0.25) is 9.79 Å². The summed E-state index contributed by atoms with van der Waals surface area (Å²) >= 11 is 12.1. The summed E-state index contributed by atoms with van der Waals surface area (Å²) in [6.45, 7) is 7.68. The molecule has 0 heterocycles. The second-order valence-electron chi connectivity index (χ2n) is 6.42. The first-order valence-electron chi connectivity index (χ1n) is 8.48. The van der Waals surface area contributed by atoms with Gasteiger partial charge in [-0.1, -0.05) is 29.3 Å². The minimum atomic E-state index is -0.548. The maximum atomic E-state index is 11.8. The Morgan fingerprint density at radius 2 is 1.92 bits per heavy atom. The van der Waals surface area contributed by atoms with E-state index in [2.05, 4.69) is 20.9 Å². The number of halogens is 3. The number of carbonyl (C=O) groups is 1. The van der Waals surface area contributed by atoms with E-state index in [0.717, 1.165) is 31.5 Å². The highest BCUT2D eigenvalue weighted by Gasteiger charge is 2.26. The van der Waals surface area contributed by atoms with Gasteiger partial charge in [0.2, 0.25) is 5.91 Å². The van der Waals surface area contributed by atoms with Crippen molar-refractivity contribution in [2.45, 2.75) is 33.6 Å². The van der Waals surface area contributed by atoms with Gasteiger partial charge in [0.05, 0.1) is 12.0 Å². The summed E-state index contributed by atoms with van der Waals surface area (Å²) in [7, 11) is 1.64. The Balaban J connectivity index is 0.00000625. The minimum Gasteiger partial charge on any atom is -0.359 e. The van der Waals surface area contributed by atoms with Gasteiger partial charge < -0.3 is 16.0 Å². The summed E-state index contributed by atoms with van der Waals surface area (Å²) in [6.07, 6.45) is 1.76. The van der Waals surface area contributed by atoms with Gasteiger partial charge in [0.15, 0.2) is 5.96 Å². The first kappa shape index (κ1) is 25.3. The van der Waals surface area contributed by atoms with Gasteiger partial charge in [-0.25, -0.2) is 0 Å². The molecule has 0 saturated heterocycles. The maximum absolute atomic E-state index is 11.8. The van der Waals surface area contributed by atoms with Gasteiger partial charge in [0.25, 0.3) is 0 Å². The molecule has 0 unspecified atom stereocenters. The van der Waals surface area contributed by atoms with Gasteiger partial charge >= 0.3 is 0 Å². The van der Waals surface area contributed by atoms with Crippen LogP contribution in [0.4, 0.5) is 0 Å². The van der Waals surface area contributed by atoms with Crippen molar-refractivity contribution in [1.29, 1.82) is 0 Å². The number of rotatable bonds is 8. The first-order chi connectivity index (χ1) is 11.8. The van der Waals surface area contributed by atoms with E-state index in [1.807, 2.05) is 32.9 Å². The van der Waals surface area contributed by atoms with Crippen LogP contribution in [0.2, 0.25) is 10.0 Å². The minimum absolute atomic E-state index is 0. The molecular weight excluding hydrogens is 486 g/mol. The Kier molecular flexibility index (Phi) is 12.3. The second-order valence-corrected chi connectivity index (χ2v) is 7.27. The number of carbonyl (C=O) groups excluding carboxylic acids is 1. The molecule has 8 heteroatoms. The number of nitrogens with zero attached hydrogens (tertiary/aromatic N) is 1. The Hall–Kier alpha value is -0.730. The smallest absolute Gasteiger partial charge is 0.227 e. The van der Waals surface area contributed by atoms with E-state index in [9.17, 15) is 4.79 Å². The van der Waals surface area contributed by atoms with Crippen LogP contribution in [0, 0.1) is 5.41 Å². The molecule has 0 aliphatic rings. The van der Waals surface area contributed by atoms with E-state index in [-0.39, 0.29) is 29.9 Å². The zero-order chi connectivity index (χ0) is 18.9. The number of nitrogens with one attached hydrogen (secondary N) is 3. The highest BCUT2D eigenvalue weighted by atomic mass is 127. The monoisotopic (exact) mass is 514 g/mol. The van der Waals surface area contributed by atoms with E-state index >= 15 is 0 Å². The Morgan fingerprint density at radius 3 is 2.50 bits per heavy atom. The van der Waals surface area contributed by atoms with Crippen molar-refractivity contribution in [2.75, 3.05) is 26.7 Å². The van der Waals surface area contributed by atoms with E-state index in [0.29, 0.717) is 22.5 Å². The van der Waals surface area contributed by atoms with E-state index in [4.69, 9.17) is 23.2 Å². The average Bonchev–Trinajstić information content (AvgIpc) is 2.57. The molecule has 1 aromatic rings. The first-order valence-corrected chi connectivity index (χ1v) is 9.24. The van der Waals surface area contributed by atoms with Crippen molar-refractivity contribution in [2.24, 2.45) is 10.4 Å². The lowest BCUT2D eigenvalue weighted by molar-refractivity contribution is -0.128. The van der Waals surface area contributed by atoms with Crippen LogP contribution in [0.1, 0.15) is 32.8 Å². The largest absolute Gasteiger partial charge is 0.359 e. The summed E-state index contributed by atoms with van der Waals surface area (Å²) < 4.78 is 0. The van der Waals surface area contributed by atoms with Crippen LogP contribution < -0.4 is 16.0 Å². The van der Waals surface area contributed by atoms with Crippen LogP contribution in [-0.4, -0.2) is 38.5 Å². The molecular formula is C18H29Cl2IN4O. The molecule has 1 aromatic carbocycles. The van der Waals surface area contributed by atoms with Crippen molar-refractivity contribution in [3.63, 3.8) is 0 Å². The molecule has 26 heavy (non-hydrogen) atoms. The molecule has 5 nitrogen and oxygen atoms in total. The van der Waals surface area contributed by atoms with Crippen LogP contribution >= 0.6 is 47.2 Å². The van der Waals surface area contributed by atoms with Crippen molar-refractivity contribution in [3.8, 4) is 0 Å². The molecule has 0 spiro atoms. The van der Waals surface area contributed by atoms with Gasteiger partial charge in [-0.05, 0) is 51.3 Å². The molecule has 0 aliphatic carbocycles. The molecule has 0 saturated carbocycles. The third-order valence-corrected chi connectivity index (χ3v) is 4.34. The van der Waals surface area contributed by atoms with E-state index in [1.54, 1.807) is 13.1 Å². The summed E-state index contributed by atoms with van der Waals surface area (Å²) in [5.41, 5.74) is 0.532. The molecule has 0 bridgehead atoms. The lowest BCUT2D eigenvalue weighted by atomic mass is 9.93. The van der Waals surface area contributed by atoms with E-state index < -0.39 is 5.41 Å². The molecule has 1 rings (SSSR count). The molecule has 3 N–H and O–H groups in total. The highest BCUT2D eigenvalue weighted by Crippen LogP contribution is 2.21. The maximum Gasteiger partial charge on any atom is 0.227 e. The Morgan fingerprint density at radius 1 is 1.23 bits per heavy atom. The predicted octanol–water partition coefficient (Wildman–Crippen LogP) is 3.87. The third-order valence-electron chi connectivity index (χ3n) is 3.75. The van der Waals surface area contributed by atoms with Crippen LogP contribution in [0.5, 0.6) is 0 Å². The SMILES string of the molecule is CCNC(=NCC(C)(C)C(=O)NC)NCCCc1ccc(Cl)cc1Cl.I. The van der Waals surface area contributed by atoms with Gasteiger partial charge in [0, 0.05) is 30.2 Å². The quantitative estimate of drug-likeness (QED) is 0.213. The number of aliphatic imine (C=N–C) groups is 1. The lowest BCUT2D eigenvalue weighted by Gasteiger charge is -2.21. The van der Waals surface area contributed by atoms with Crippen molar-refractivity contribution >= 4 is 59.0 Å². The van der Waals surface area contributed by atoms with Crippen molar-refractivity contribution in [1.82, 2.24) is 16.0 Å². The van der Waals surface area contributed by atoms with Gasteiger partial charge in [-0.15, -0.1) is 24.0 Å². The summed E-state index contributed by atoms with van der Waals surface area (Å²) in [4.78, 5) is 16.4. The summed E-state index contributed by atoms with van der Waals surface area (Å²) in [6, 6.07) is 5.57. The number of hydrogen-bond acceptors (Lipinski definition) is 2. The number of benzene rings is 1. The fourth-order valence-corrected chi connectivity index (χ4v) is 2.74. The Bertz CT molecular complexity index is 609. The molecule has 0 atom stereocenters. The van der Waals surface area contributed by atoms with Gasteiger partial charge in [0.1, 0.15) is 0 Å². The fraction of sp³-hybridized carbons (Fsp3) is 0.556. The molecule has 148 valence electrons. The zero-order valence-corrected chi connectivity index (χ0v) is 19.6. The molecule has 0 aliphatic heterocycles. The highest BCUT2D eigenvalue weighted by molar-refractivity contribution is 14.0. The van der Waals surface area contributed by atoms with Gasteiger partial charge in [-0.2, -0.15) is 0 Å². The van der Waals surface area contributed by atoms with Crippen molar-refractivity contribution in [3.05, 3.63) is 33.8 Å². The van der Waals surface area contributed by atoms with Crippen LogP contribution in [0.3, 0.4) is 0 Å². The van der Waals surface area contributed by atoms with Crippen LogP contribution in [-0.2, 0) is 11.2 Å². The lowest BCUT2D eigenvalue weighted by Crippen LogP contribution is -2.41. The normalized spacial score (nSPS) is 11.5. The fourth-order valence-electron chi connectivity index (χ4n) is 2.24. The molecule has 0 aromatic heterocycles. The molecule has 0 fully saturated rings. The number of amides is 1. The van der Waals surface area contributed by atoms with Crippen LogP contribution in [0.15, 0.2) is 23.2 Å². The standard InChI is InChI=1S/C18H28Cl2N4O.HI/c1-5-22-17(24-12-18(2,3)16(25)21-4)23-10-6-7-13-8-9-14(19)11-15(13)20;/h8-9,11H,5-7,10,12H2,1-4H3,(H,21,25)(H2,22,23,24);1H. The van der Waals surface area contributed by atoms with E-state index in [1.165, 1.54) is 0 Å². The number of guanidine groups is 1. The van der Waals surface area contributed by atoms with Crippen molar-refractivity contribution < 1.29 is 4.79 Å². The third kappa shape index (κ3) is 8.77. The van der Waals surface area contributed by atoms with Crippen LogP contribution in [0.25, 0.3) is 0 Å². The molecule has 0 radical (unpaired) electrons. The molecule has 1 amide bonds. The second kappa shape index (κ2) is 12.6. The average molecular weight is 515 g/mol. The summed E-state index contributed by atoms with van der Waals surface area (Å²) in [5.74, 6) is 0.686.